The minimum atomic E-state index is -1.13. The number of amides is 2. The van der Waals surface area contributed by atoms with Crippen molar-refractivity contribution in [2.75, 3.05) is 26.7 Å². The van der Waals surface area contributed by atoms with E-state index in [1.54, 1.807) is 18.9 Å². The Labute approximate surface area is 126 Å². The Morgan fingerprint density at radius 1 is 1.29 bits per heavy atom. The number of piperidine rings is 1. The molecule has 1 aliphatic heterocycles. The van der Waals surface area contributed by atoms with Crippen LogP contribution in [0.5, 0.6) is 0 Å². The normalized spacial score (nSPS) is 23.4. The number of hydrogen-bond donors (Lipinski definition) is 2. The smallest absolute Gasteiger partial charge is 0.329 e. The summed E-state index contributed by atoms with van der Waals surface area (Å²) in [6.45, 7) is 6.81. The number of nitrogens with one attached hydrogen (secondary N) is 1. The molecule has 1 atom stereocenters. The zero-order valence-corrected chi connectivity index (χ0v) is 13.3. The van der Waals surface area contributed by atoms with E-state index in [-0.39, 0.29) is 18.0 Å². The number of carboxylic acid groups (broad SMARTS) is 1. The molecule has 1 heterocycles. The van der Waals surface area contributed by atoms with Crippen molar-refractivity contribution in [2.24, 2.45) is 5.92 Å². The van der Waals surface area contributed by atoms with Crippen LogP contribution in [-0.4, -0.2) is 65.2 Å². The van der Waals surface area contributed by atoms with Gasteiger partial charge in [0.2, 0.25) is 0 Å². The second kappa shape index (κ2) is 6.22. The molecule has 1 saturated carbocycles. The van der Waals surface area contributed by atoms with Gasteiger partial charge in [-0.05, 0) is 45.1 Å². The first kappa shape index (κ1) is 16.1. The molecule has 2 aliphatic rings. The Bertz CT molecular complexity index is 403. The van der Waals surface area contributed by atoms with Crippen LogP contribution in [0.15, 0.2) is 0 Å². The quantitative estimate of drug-likeness (QED) is 0.804. The first-order valence-corrected chi connectivity index (χ1v) is 7.89. The average Bonchev–Trinajstić information content (AvgIpc) is 3.31. The molecule has 2 N–H and O–H groups in total. The minimum absolute atomic E-state index is 0.0642. The van der Waals surface area contributed by atoms with E-state index in [1.165, 1.54) is 0 Å². The molecule has 1 aliphatic carbocycles. The third kappa shape index (κ3) is 3.48. The maximum Gasteiger partial charge on any atom is 0.329 e. The number of carbonyl (C=O) groups is 2. The van der Waals surface area contributed by atoms with Crippen molar-refractivity contribution >= 4 is 12.0 Å². The molecule has 1 unspecified atom stereocenters. The number of rotatable bonds is 5. The van der Waals surface area contributed by atoms with E-state index in [1.807, 2.05) is 0 Å². The van der Waals surface area contributed by atoms with Gasteiger partial charge >= 0.3 is 12.0 Å². The van der Waals surface area contributed by atoms with Crippen LogP contribution in [0.1, 0.15) is 39.5 Å². The van der Waals surface area contributed by atoms with E-state index in [0.717, 1.165) is 45.3 Å². The summed E-state index contributed by atoms with van der Waals surface area (Å²) in [4.78, 5) is 27.9. The maximum atomic E-state index is 12.4. The predicted molar refractivity (Wildman–Crippen MR) is 80.2 cm³/mol. The Balaban J connectivity index is 1.92. The lowest BCUT2D eigenvalue weighted by atomic mass is 9.96. The number of urea groups is 1. The van der Waals surface area contributed by atoms with E-state index < -0.39 is 11.5 Å². The van der Waals surface area contributed by atoms with Gasteiger partial charge in [0.05, 0.1) is 0 Å². The van der Waals surface area contributed by atoms with Crippen molar-refractivity contribution < 1.29 is 14.7 Å². The second-order valence-corrected chi connectivity index (χ2v) is 6.49. The van der Waals surface area contributed by atoms with Crippen molar-refractivity contribution in [2.45, 2.75) is 51.1 Å². The number of carbonyl (C=O) groups excluding carboxylic acids is 1. The van der Waals surface area contributed by atoms with E-state index in [0.29, 0.717) is 0 Å². The van der Waals surface area contributed by atoms with E-state index in [2.05, 4.69) is 17.1 Å². The molecule has 2 fully saturated rings. The Morgan fingerprint density at radius 3 is 2.29 bits per heavy atom. The molecule has 0 radical (unpaired) electrons. The predicted octanol–water partition coefficient (Wildman–Crippen LogP) is 1.37. The van der Waals surface area contributed by atoms with Crippen LogP contribution < -0.4 is 5.32 Å². The lowest BCUT2D eigenvalue weighted by Gasteiger charge is -2.38. The summed E-state index contributed by atoms with van der Waals surface area (Å²) < 4.78 is 0. The number of aliphatic carboxylic acids is 1. The molecule has 2 amide bonds. The largest absolute Gasteiger partial charge is 0.480 e. The fraction of sp³-hybridized carbons (Fsp3) is 0.867. The summed E-state index contributed by atoms with van der Waals surface area (Å²) in [5, 5.41) is 12.2. The van der Waals surface area contributed by atoms with Crippen LogP contribution in [0.4, 0.5) is 4.79 Å². The van der Waals surface area contributed by atoms with E-state index in [9.17, 15) is 14.7 Å². The van der Waals surface area contributed by atoms with Gasteiger partial charge in [-0.25, -0.2) is 9.59 Å². The van der Waals surface area contributed by atoms with Gasteiger partial charge in [0.25, 0.3) is 0 Å². The molecule has 0 spiro atoms. The van der Waals surface area contributed by atoms with Crippen molar-refractivity contribution in [3.05, 3.63) is 0 Å². The standard InChI is InChI=1S/C15H27N3O3/c1-4-18-9-7-12(8-10-18)17(3)14(21)16-15(2,13(19)20)11-5-6-11/h11-12H,4-10H2,1-3H3,(H,16,21)(H,19,20). The summed E-state index contributed by atoms with van der Waals surface area (Å²) in [5.74, 6) is -0.873. The van der Waals surface area contributed by atoms with Gasteiger partial charge in [-0.2, -0.15) is 0 Å². The first-order chi connectivity index (χ1) is 9.88. The minimum Gasteiger partial charge on any atom is -0.480 e. The van der Waals surface area contributed by atoms with Crippen LogP contribution in [0.3, 0.4) is 0 Å². The zero-order chi connectivity index (χ0) is 15.6. The maximum absolute atomic E-state index is 12.4. The molecule has 0 aromatic heterocycles. The molecule has 1 saturated heterocycles. The van der Waals surface area contributed by atoms with Gasteiger partial charge in [-0.1, -0.05) is 6.92 Å². The van der Waals surface area contributed by atoms with Crippen LogP contribution >= 0.6 is 0 Å². The van der Waals surface area contributed by atoms with Gasteiger partial charge < -0.3 is 20.2 Å². The fourth-order valence-corrected chi connectivity index (χ4v) is 3.09. The molecule has 6 nitrogen and oxygen atoms in total. The molecule has 120 valence electrons. The van der Waals surface area contributed by atoms with Crippen LogP contribution in [0.25, 0.3) is 0 Å². The molecular formula is C15H27N3O3. The average molecular weight is 297 g/mol. The van der Waals surface area contributed by atoms with Crippen molar-refractivity contribution in [1.82, 2.24) is 15.1 Å². The Hall–Kier alpha value is -1.30. The highest BCUT2D eigenvalue weighted by atomic mass is 16.4. The highest BCUT2D eigenvalue weighted by molar-refractivity contribution is 5.86. The van der Waals surface area contributed by atoms with Crippen LogP contribution in [0, 0.1) is 5.92 Å². The monoisotopic (exact) mass is 297 g/mol. The first-order valence-electron chi connectivity index (χ1n) is 7.89. The summed E-state index contributed by atoms with van der Waals surface area (Å²) >= 11 is 0. The molecule has 21 heavy (non-hydrogen) atoms. The van der Waals surface area contributed by atoms with E-state index >= 15 is 0 Å². The lowest BCUT2D eigenvalue weighted by molar-refractivity contribution is -0.144. The SMILES string of the molecule is CCN1CCC(N(C)C(=O)NC(C)(C(=O)O)C2CC2)CC1. The summed E-state index contributed by atoms with van der Waals surface area (Å²) in [6, 6.07) is -0.0632. The highest BCUT2D eigenvalue weighted by Gasteiger charge is 2.49. The van der Waals surface area contributed by atoms with Gasteiger partial charge in [0.15, 0.2) is 0 Å². The summed E-state index contributed by atoms with van der Waals surface area (Å²) in [5.41, 5.74) is -1.13. The summed E-state index contributed by atoms with van der Waals surface area (Å²) in [6.07, 6.45) is 3.65. The number of hydrogen-bond acceptors (Lipinski definition) is 3. The molecule has 0 aromatic carbocycles. The zero-order valence-electron chi connectivity index (χ0n) is 13.3. The van der Waals surface area contributed by atoms with Crippen molar-refractivity contribution in [3.8, 4) is 0 Å². The molecular weight excluding hydrogens is 270 g/mol. The topological polar surface area (TPSA) is 72.9 Å². The van der Waals surface area contributed by atoms with Gasteiger partial charge in [-0.3, -0.25) is 0 Å². The van der Waals surface area contributed by atoms with Crippen molar-refractivity contribution in [1.29, 1.82) is 0 Å². The Kier molecular flexibility index (Phi) is 4.76. The third-order valence-corrected chi connectivity index (χ3v) is 5.08. The van der Waals surface area contributed by atoms with Gasteiger partial charge in [-0.15, -0.1) is 0 Å². The molecule has 6 heteroatoms. The van der Waals surface area contributed by atoms with Crippen molar-refractivity contribution in [3.63, 3.8) is 0 Å². The van der Waals surface area contributed by atoms with Crippen LogP contribution in [0.2, 0.25) is 0 Å². The number of carboxylic acids is 1. The molecule has 0 aromatic rings. The van der Waals surface area contributed by atoms with Crippen LogP contribution in [-0.2, 0) is 4.79 Å². The second-order valence-electron chi connectivity index (χ2n) is 6.49. The summed E-state index contributed by atoms with van der Waals surface area (Å²) in [7, 11) is 1.77. The number of likely N-dealkylation sites (tertiary alicyclic amines) is 1. The third-order valence-electron chi connectivity index (χ3n) is 5.08. The van der Waals surface area contributed by atoms with E-state index in [4.69, 9.17) is 0 Å². The van der Waals surface area contributed by atoms with Gasteiger partial charge in [0.1, 0.15) is 5.54 Å². The van der Waals surface area contributed by atoms with Gasteiger partial charge in [0, 0.05) is 26.2 Å². The fourth-order valence-electron chi connectivity index (χ4n) is 3.09. The molecule has 0 bridgehead atoms. The Morgan fingerprint density at radius 2 is 1.86 bits per heavy atom. The molecule has 2 rings (SSSR count). The number of nitrogens with zero attached hydrogens (tertiary/aromatic N) is 2. The lowest BCUT2D eigenvalue weighted by Crippen LogP contribution is -2.59. The highest BCUT2D eigenvalue weighted by Crippen LogP contribution is 2.39.